The Morgan fingerprint density at radius 1 is 1.32 bits per heavy atom. The molecule has 3 rings (SSSR count). The largest absolute Gasteiger partial charge is 0.352 e. The number of nitrogens with zero attached hydrogens (tertiary/aromatic N) is 3. The summed E-state index contributed by atoms with van der Waals surface area (Å²) >= 11 is 1.41. The molecule has 0 unspecified atom stereocenters. The molecular weight excluding hydrogens is 396 g/mol. The molecule has 1 aliphatic carbocycles. The average molecular weight is 425 g/mol. The van der Waals surface area contributed by atoms with Gasteiger partial charge in [0.15, 0.2) is 5.16 Å². The van der Waals surface area contributed by atoms with Gasteiger partial charge in [0.2, 0.25) is 15.9 Å². The summed E-state index contributed by atoms with van der Waals surface area (Å²) in [5.74, 6) is 0.0204. The van der Waals surface area contributed by atoms with E-state index < -0.39 is 10.0 Å². The van der Waals surface area contributed by atoms with Crippen LogP contribution in [0.1, 0.15) is 40.5 Å². The van der Waals surface area contributed by atoms with Gasteiger partial charge < -0.3 is 9.88 Å². The number of carbonyl (C=O) groups excluding carboxylic acids is 1. The van der Waals surface area contributed by atoms with Crippen LogP contribution >= 0.6 is 11.8 Å². The Kier molecular flexibility index (Phi) is 6.36. The van der Waals surface area contributed by atoms with Crippen LogP contribution in [0.3, 0.4) is 0 Å². The SMILES string of the molecule is CCN(CC)S(=O)(=O)c1ccc2c(c1)nc(S[C@@H](C)C(=O)NC1CC1)n2CC. The standard InChI is InChI=1S/C19H28N4O3S2/c1-5-22(6-2)28(25,26)15-10-11-17-16(12-15)21-19(23(17)7-3)27-13(4)18(24)20-14-8-9-14/h10-14H,5-9H2,1-4H3,(H,20,24)/t13-/m0/s1. The van der Waals surface area contributed by atoms with Crippen molar-refractivity contribution in [2.75, 3.05) is 13.1 Å². The van der Waals surface area contributed by atoms with E-state index in [9.17, 15) is 13.2 Å². The predicted octanol–water partition coefficient (Wildman–Crippen LogP) is 2.85. The second-order valence-electron chi connectivity index (χ2n) is 6.92. The van der Waals surface area contributed by atoms with Gasteiger partial charge in [0.1, 0.15) is 0 Å². The highest BCUT2D eigenvalue weighted by Crippen LogP contribution is 2.30. The van der Waals surface area contributed by atoms with E-state index in [1.54, 1.807) is 18.2 Å². The monoisotopic (exact) mass is 424 g/mol. The molecule has 0 aliphatic heterocycles. The molecule has 154 valence electrons. The number of aryl methyl sites for hydroxylation is 1. The van der Waals surface area contributed by atoms with Gasteiger partial charge in [-0.25, -0.2) is 13.4 Å². The van der Waals surface area contributed by atoms with Crippen LogP contribution in [0.2, 0.25) is 0 Å². The fourth-order valence-electron chi connectivity index (χ4n) is 3.11. The summed E-state index contributed by atoms with van der Waals surface area (Å²) in [4.78, 5) is 17.2. The van der Waals surface area contributed by atoms with E-state index in [4.69, 9.17) is 0 Å². The van der Waals surface area contributed by atoms with Crippen molar-refractivity contribution in [3.05, 3.63) is 18.2 Å². The van der Waals surface area contributed by atoms with E-state index in [-0.39, 0.29) is 16.1 Å². The topological polar surface area (TPSA) is 84.3 Å². The average Bonchev–Trinajstić information content (AvgIpc) is 3.40. The molecule has 1 aliphatic rings. The summed E-state index contributed by atoms with van der Waals surface area (Å²) in [7, 11) is -3.53. The number of fused-ring (bicyclic) bond motifs is 1. The van der Waals surface area contributed by atoms with Crippen molar-refractivity contribution >= 4 is 38.7 Å². The normalized spacial score (nSPS) is 15.9. The molecule has 0 bridgehead atoms. The number of nitrogens with one attached hydrogen (secondary N) is 1. The third kappa shape index (κ3) is 4.21. The lowest BCUT2D eigenvalue weighted by atomic mass is 10.3. The summed E-state index contributed by atoms with van der Waals surface area (Å²) in [5.41, 5.74) is 1.51. The zero-order valence-corrected chi connectivity index (χ0v) is 18.4. The Bertz CT molecular complexity index is 963. The van der Waals surface area contributed by atoms with Crippen LogP contribution in [0.15, 0.2) is 28.3 Å². The minimum Gasteiger partial charge on any atom is -0.352 e. The maximum Gasteiger partial charge on any atom is 0.243 e. The van der Waals surface area contributed by atoms with Crippen molar-refractivity contribution in [3.63, 3.8) is 0 Å². The first-order valence-corrected chi connectivity index (χ1v) is 12.1. The fraction of sp³-hybridized carbons (Fsp3) is 0.579. The maximum absolute atomic E-state index is 12.8. The number of sulfonamides is 1. The number of hydrogen-bond donors (Lipinski definition) is 1. The predicted molar refractivity (Wildman–Crippen MR) is 112 cm³/mol. The molecule has 1 aromatic heterocycles. The van der Waals surface area contributed by atoms with Crippen LogP contribution in [0, 0.1) is 0 Å². The summed E-state index contributed by atoms with van der Waals surface area (Å²) in [6.07, 6.45) is 2.11. The van der Waals surface area contributed by atoms with Crippen molar-refractivity contribution in [1.82, 2.24) is 19.2 Å². The highest BCUT2D eigenvalue weighted by atomic mass is 32.2. The molecule has 1 saturated carbocycles. The summed E-state index contributed by atoms with van der Waals surface area (Å²) in [5, 5.41) is 3.49. The van der Waals surface area contributed by atoms with Crippen LogP contribution in [0.5, 0.6) is 0 Å². The molecule has 1 fully saturated rings. The molecular formula is C19H28N4O3S2. The van der Waals surface area contributed by atoms with Crippen LogP contribution in [0.4, 0.5) is 0 Å². The van der Waals surface area contributed by atoms with Gasteiger partial charge in [-0.3, -0.25) is 4.79 Å². The molecule has 0 radical (unpaired) electrons. The second kappa shape index (κ2) is 8.42. The minimum absolute atomic E-state index is 0.0204. The number of hydrogen-bond acceptors (Lipinski definition) is 5. The number of benzene rings is 1. The zero-order chi connectivity index (χ0) is 20.5. The van der Waals surface area contributed by atoms with E-state index in [1.165, 1.54) is 16.1 Å². The first-order valence-electron chi connectivity index (χ1n) is 9.79. The zero-order valence-electron chi connectivity index (χ0n) is 16.8. The lowest BCUT2D eigenvalue weighted by Crippen LogP contribution is -2.32. The molecule has 1 atom stereocenters. The number of thioether (sulfide) groups is 1. The van der Waals surface area contributed by atoms with Crippen LogP contribution < -0.4 is 5.32 Å². The molecule has 28 heavy (non-hydrogen) atoms. The molecule has 7 nitrogen and oxygen atoms in total. The van der Waals surface area contributed by atoms with Crippen LogP contribution in [-0.4, -0.2) is 52.6 Å². The summed E-state index contributed by atoms with van der Waals surface area (Å²) in [6, 6.07) is 5.41. The quantitative estimate of drug-likeness (QED) is 0.626. The Balaban J connectivity index is 1.91. The fourth-order valence-corrected chi connectivity index (χ4v) is 5.59. The van der Waals surface area contributed by atoms with Gasteiger partial charge >= 0.3 is 0 Å². The maximum atomic E-state index is 12.8. The molecule has 1 amide bonds. The Morgan fingerprint density at radius 3 is 2.57 bits per heavy atom. The Labute approximate surface area is 170 Å². The van der Waals surface area contributed by atoms with Crippen LogP contribution in [0.25, 0.3) is 11.0 Å². The highest BCUT2D eigenvalue weighted by molar-refractivity contribution is 8.00. The van der Waals surface area contributed by atoms with Crippen LogP contribution in [-0.2, 0) is 21.4 Å². The van der Waals surface area contributed by atoms with E-state index in [0.717, 1.165) is 23.5 Å². The van der Waals surface area contributed by atoms with Gasteiger partial charge in [-0.2, -0.15) is 4.31 Å². The number of carbonyl (C=O) groups is 1. The second-order valence-corrected chi connectivity index (χ2v) is 10.2. The van der Waals surface area contributed by atoms with Gasteiger partial charge in [-0.1, -0.05) is 25.6 Å². The molecule has 2 aromatic rings. The molecule has 1 N–H and O–H groups in total. The van der Waals surface area contributed by atoms with E-state index in [2.05, 4.69) is 10.3 Å². The molecule has 1 heterocycles. The van der Waals surface area contributed by atoms with Crippen molar-refractivity contribution in [2.24, 2.45) is 0 Å². The molecule has 0 spiro atoms. The Hall–Kier alpha value is -1.58. The van der Waals surface area contributed by atoms with Crippen molar-refractivity contribution < 1.29 is 13.2 Å². The smallest absolute Gasteiger partial charge is 0.243 e. The van der Waals surface area contributed by atoms with Gasteiger partial charge in [0.25, 0.3) is 0 Å². The molecule has 0 saturated heterocycles. The molecule has 1 aromatic carbocycles. The lowest BCUT2D eigenvalue weighted by molar-refractivity contribution is -0.120. The van der Waals surface area contributed by atoms with Gasteiger partial charge in [-0.15, -0.1) is 0 Å². The third-order valence-corrected chi connectivity index (χ3v) is 8.06. The number of rotatable bonds is 9. The first kappa shape index (κ1) is 21.1. The third-order valence-electron chi connectivity index (χ3n) is 4.92. The number of aromatic nitrogens is 2. The lowest BCUT2D eigenvalue weighted by Gasteiger charge is -2.18. The van der Waals surface area contributed by atoms with Gasteiger partial charge in [0, 0.05) is 25.7 Å². The van der Waals surface area contributed by atoms with Crippen molar-refractivity contribution in [3.8, 4) is 0 Å². The van der Waals surface area contributed by atoms with E-state index in [0.29, 0.717) is 31.2 Å². The first-order chi connectivity index (χ1) is 13.3. The minimum atomic E-state index is -3.53. The van der Waals surface area contributed by atoms with E-state index in [1.807, 2.05) is 32.3 Å². The Morgan fingerprint density at radius 2 is 2.00 bits per heavy atom. The summed E-state index contributed by atoms with van der Waals surface area (Å²) in [6.45, 7) is 9.09. The van der Waals surface area contributed by atoms with Crippen molar-refractivity contribution in [2.45, 2.75) is 68.4 Å². The number of imidazole rings is 1. The molecule has 9 heteroatoms. The van der Waals surface area contributed by atoms with E-state index >= 15 is 0 Å². The number of amides is 1. The van der Waals surface area contributed by atoms with Gasteiger partial charge in [-0.05, 0) is 44.9 Å². The highest BCUT2D eigenvalue weighted by Gasteiger charge is 2.27. The summed E-state index contributed by atoms with van der Waals surface area (Å²) < 4.78 is 29.1. The van der Waals surface area contributed by atoms with Gasteiger partial charge in [0.05, 0.1) is 21.2 Å². The van der Waals surface area contributed by atoms with Crippen molar-refractivity contribution in [1.29, 1.82) is 0 Å².